The van der Waals surface area contributed by atoms with Crippen molar-refractivity contribution in [3.63, 3.8) is 0 Å². The standard InChI is InChI=1S/C14H21NO5S/c1-4-10-20-12-6-8-13(9-7-12)21(17,18)15-11(3)14(16)19-5-2/h6-9,11,15H,4-5,10H2,1-3H3. The molecule has 0 amide bonds. The number of carbonyl (C=O) groups excluding carboxylic acids is 1. The molecule has 0 fully saturated rings. The molecular formula is C14H21NO5S. The lowest BCUT2D eigenvalue weighted by molar-refractivity contribution is -0.144. The SMILES string of the molecule is CCCOc1ccc(S(=O)(=O)NC(C)C(=O)OCC)cc1. The Bertz CT molecular complexity index is 553. The fourth-order valence-electron chi connectivity index (χ4n) is 1.55. The molecule has 1 aromatic rings. The lowest BCUT2D eigenvalue weighted by atomic mass is 10.3. The number of carbonyl (C=O) groups is 1. The zero-order chi connectivity index (χ0) is 15.9. The van der Waals surface area contributed by atoms with Gasteiger partial charge in [0.05, 0.1) is 18.1 Å². The number of ether oxygens (including phenoxy) is 2. The minimum Gasteiger partial charge on any atom is -0.494 e. The average Bonchev–Trinajstić information content (AvgIpc) is 2.45. The zero-order valence-electron chi connectivity index (χ0n) is 12.5. The van der Waals surface area contributed by atoms with Crippen molar-refractivity contribution in [2.24, 2.45) is 0 Å². The van der Waals surface area contributed by atoms with E-state index in [1.165, 1.54) is 19.1 Å². The largest absolute Gasteiger partial charge is 0.494 e. The first-order valence-electron chi connectivity index (χ1n) is 6.82. The van der Waals surface area contributed by atoms with Gasteiger partial charge in [-0.2, -0.15) is 4.72 Å². The molecule has 7 heteroatoms. The molecule has 0 heterocycles. The van der Waals surface area contributed by atoms with Crippen molar-refractivity contribution in [2.75, 3.05) is 13.2 Å². The van der Waals surface area contributed by atoms with Crippen LogP contribution in [0.15, 0.2) is 29.2 Å². The molecular weight excluding hydrogens is 294 g/mol. The van der Waals surface area contributed by atoms with E-state index < -0.39 is 22.0 Å². The number of rotatable bonds is 8. The minimum atomic E-state index is -3.77. The van der Waals surface area contributed by atoms with Gasteiger partial charge in [-0.05, 0) is 44.5 Å². The van der Waals surface area contributed by atoms with E-state index in [9.17, 15) is 13.2 Å². The van der Waals surface area contributed by atoms with Crippen molar-refractivity contribution in [3.8, 4) is 5.75 Å². The van der Waals surface area contributed by atoms with Crippen LogP contribution < -0.4 is 9.46 Å². The summed E-state index contributed by atoms with van der Waals surface area (Å²) in [6.45, 7) is 5.86. The van der Waals surface area contributed by atoms with Gasteiger partial charge in [0.1, 0.15) is 11.8 Å². The number of nitrogens with one attached hydrogen (secondary N) is 1. The van der Waals surface area contributed by atoms with Crippen LogP contribution in [0.25, 0.3) is 0 Å². The Morgan fingerprint density at radius 3 is 2.38 bits per heavy atom. The number of sulfonamides is 1. The van der Waals surface area contributed by atoms with Crippen LogP contribution >= 0.6 is 0 Å². The number of esters is 1. The van der Waals surface area contributed by atoms with Crippen LogP contribution in [0.4, 0.5) is 0 Å². The van der Waals surface area contributed by atoms with Gasteiger partial charge in [0.25, 0.3) is 0 Å². The molecule has 1 aromatic carbocycles. The molecule has 1 atom stereocenters. The second-order valence-electron chi connectivity index (χ2n) is 4.41. The number of benzene rings is 1. The van der Waals surface area contributed by atoms with Gasteiger partial charge in [0, 0.05) is 0 Å². The highest BCUT2D eigenvalue weighted by Crippen LogP contribution is 2.16. The molecule has 0 aliphatic carbocycles. The van der Waals surface area contributed by atoms with Crippen LogP contribution in [0, 0.1) is 0 Å². The van der Waals surface area contributed by atoms with Crippen molar-refractivity contribution in [3.05, 3.63) is 24.3 Å². The van der Waals surface area contributed by atoms with Gasteiger partial charge in [-0.3, -0.25) is 4.79 Å². The van der Waals surface area contributed by atoms with Crippen molar-refractivity contribution in [1.29, 1.82) is 0 Å². The average molecular weight is 315 g/mol. The van der Waals surface area contributed by atoms with E-state index in [2.05, 4.69) is 4.72 Å². The topological polar surface area (TPSA) is 81.7 Å². The van der Waals surface area contributed by atoms with Crippen molar-refractivity contribution >= 4 is 16.0 Å². The van der Waals surface area contributed by atoms with Gasteiger partial charge in [-0.25, -0.2) is 8.42 Å². The summed E-state index contributed by atoms with van der Waals surface area (Å²) in [6, 6.07) is 5.10. The first kappa shape index (κ1) is 17.5. The van der Waals surface area contributed by atoms with Crippen LogP contribution in [-0.2, 0) is 19.6 Å². The molecule has 0 radical (unpaired) electrons. The molecule has 21 heavy (non-hydrogen) atoms. The highest BCUT2D eigenvalue weighted by Gasteiger charge is 2.22. The lowest BCUT2D eigenvalue weighted by Gasteiger charge is -2.13. The van der Waals surface area contributed by atoms with Crippen LogP contribution in [0.1, 0.15) is 27.2 Å². The predicted molar refractivity (Wildman–Crippen MR) is 78.6 cm³/mol. The molecule has 1 N–H and O–H groups in total. The van der Waals surface area contributed by atoms with Crippen molar-refractivity contribution < 1.29 is 22.7 Å². The van der Waals surface area contributed by atoms with Crippen LogP contribution in [0.2, 0.25) is 0 Å². The van der Waals surface area contributed by atoms with Gasteiger partial charge in [0.2, 0.25) is 10.0 Å². The van der Waals surface area contributed by atoms with E-state index in [0.29, 0.717) is 12.4 Å². The molecule has 6 nitrogen and oxygen atoms in total. The monoisotopic (exact) mass is 315 g/mol. The second-order valence-corrected chi connectivity index (χ2v) is 6.13. The van der Waals surface area contributed by atoms with Crippen LogP contribution in [-0.4, -0.2) is 33.6 Å². The molecule has 1 rings (SSSR count). The van der Waals surface area contributed by atoms with Gasteiger partial charge >= 0.3 is 5.97 Å². The Labute approximate surface area is 125 Å². The third-order valence-corrected chi connectivity index (χ3v) is 4.14. The van der Waals surface area contributed by atoms with Crippen LogP contribution in [0.3, 0.4) is 0 Å². The molecule has 1 unspecified atom stereocenters. The zero-order valence-corrected chi connectivity index (χ0v) is 13.3. The maximum absolute atomic E-state index is 12.1. The highest BCUT2D eigenvalue weighted by atomic mass is 32.2. The Kier molecular flexibility index (Phi) is 6.64. The highest BCUT2D eigenvalue weighted by molar-refractivity contribution is 7.89. The summed E-state index contributed by atoms with van der Waals surface area (Å²) in [5.41, 5.74) is 0. The molecule has 0 saturated carbocycles. The van der Waals surface area contributed by atoms with Gasteiger partial charge in [0.15, 0.2) is 0 Å². The summed E-state index contributed by atoms with van der Waals surface area (Å²) in [7, 11) is -3.77. The van der Waals surface area contributed by atoms with Crippen LogP contribution in [0.5, 0.6) is 5.75 Å². The summed E-state index contributed by atoms with van der Waals surface area (Å²) < 4.78 is 36.7. The van der Waals surface area contributed by atoms with Gasteiger partial charge in [-0.1, -0.05) is 6.92 Å². The molecule has 0 bridgehead atoms. The molecule has 0 aliphatic heterocycles. The fraction of sp³-hybridized carbons (Fsp3) is 0.500. The smallest absolute Gasteiger partial charge is 0.323 e. The molecule has 118 valence electrons. The fourth-order valence-corrected chi connectivity index (χ4v) is 2.74. The first-order valence-corrected chi connectivity index (χ1v) is 8.30. The summed E-state index contributed by atoms with van der Waals surface area (Å²) in [4.78, 5) is 11.5. The van der Waals surface area contributed by atoms with Gasteiger partial charge in [-0.15, -0.1) is 0 Å². The third kappa shape index (κ3) is 5.35. The van der Waals surface area contributed by atoms with E-state index in [0.717, 1.165) is 6.42 Å². The van der Waals surface area contributed by atoms with E-state index in [4.69, 9.17) is 9.47 Å². The molecule has 0 saturated heterocycles. The maximum Gasteiger partial charge on any atom is 0.323 e. The summed E-state index contributed by atoms with van der Waals surface area (Å²) >= 11 is 0. The van der Waals surface area contributed by atoms with Crippen molar-refractivity contribution in [2.45, 2.75) is 38.1 Å². The number of hydrogen-bond acceptors (Lipinski definition) is 5. The molecule has 0 aromatic heterocycles. The van der Waals surface area contributed by atoms with Crippen molar-refractivity contribution in [1.82, 2.24) is 4.72 Å². The third-order valence-electron chi connectivity index (χ3n) is 2.58. The Morgan fingerprint density at radius 2 is 1.86 bits per heavy atom. The summed E-state index contributed by atoms with van der Waals surface area (Å²) in [6.07, 6.45) is 0.874. The second kappa shape index (κ2) is 7.99. The Morgan fingerprint density at radius 1 is 1.24 bits per heavy atom. The van der Waals surface area contributed by atoms with Gasteiger partial charge < -0.3 is 9.47 Å². The van der Waals surface area contributed by atoms with E-state index in [-0.39, 0.29) is 11.5 Å². The Balaban J connectivity index is 2.76. The predicted octanol–water partition coefficient (Wildman–Crippen LogP) is 1.71. The summed E-state index contributed by atoms with van der Waals surface area (Å²) in [5.74, 6) is -0.00165. The summed E-state index contributed by atoms with van der Waals surface area (Å²) in [5, 5.41) is 0. The normalized spacial score (nSPS) is 12.7. The Hall–Kier alpha value is -1.60. The molecule has 0 spiro atoms. The van der Waals surface area contributed by atoms with E-state index in [1.54, 1.807) is 19.1 Å². The van der Waals surface area contributed by atoms with E-state index in [1.807, 2.05) is 6.92 Å². The minimum absolute atomic E-state index is 0.0718. The lowest BCUT2D eigenvalue weighted by Crippen LogP contribution is -2.39. The first-order chi connectivity index (χ1) is 9.90. The number of hydrogen-bond donors (Lipinski definition) is 1. The quantitative estimate of drug-likeness (QED) is 0.739. The molecule has 0 aliphatic rings. The van der Waals surface area contributed by atoms with E-state index >= 15 is 0 Å². The maximum atomic E-state index is 12.1.